The van der Waals surface area contributed by atoms with Crippen molar-refractivity contribution in [1.29, 1.82) is 0 Å². The van der Waals surface area contributed by atoms with Crippen molar-refractivity contribution >= 4 is 49.2 Å². The van der Waals surface area contributed by atoms with Crippen LogP contribution in [0.5, 0.6) is 0 Å². The molecule has 0 unspecified atom stereocenters. The van der Waals surface area contributed by atoms with Gasteiger partial charge in [-0.1, -0.05) is 48.6 Å². The van der Waals surface area contributed by atoms with Crippen LogP contribution in [0.3, 0.4) is 0 Å². The molecule has 1 aliphatic carbocycles. The number of benzene rings is 5. The molecule has 0 N–H and O–H groups in total. The van der Waals surface area contributed by atoms with Gasteiger partial charge >= 0.3 is 0 Å². The first kappa shape index (κ1) is 13.1. The topological polar surface area (TPSA) is 34.1 Å². The van der Waals surface area contributed by atoms with Crippen LogP contribution in [-0.2, 0) is 6.42 Å². The molecule has 116 valence electrons. The Labute approximate surface area is 142 Å². The molecule has 0 radical (unpaired) electrons. The molecule has 0 heterocycles. The third kappa shape index (κ3) is 1.46. The summed E-state index contributed by atoms with van der Waals surface area (Å²) in [6.07, 6.45) is 4.79. The largest absolute Gasteiger partial charge is 0.289 e. The highest BCUT2D eigenvalue weighted by molar-refractivity contribution is 6.34. The predicted octanol–water partition coefficient (Wildman–Crippen LogP) is 4.46. The normalized spacial score (nSPS) is 13.6. The molecule has 5 aromatic rings. The van der Waals surface area contributed by atoms with Crippen molar-refractivity contribution in [2.75, 3.05) is 0 Å². The second-order valence-electron chi connectivity index (χ2n) is 6.81. The van der Waals surface area contributed by atoms with E-state index < -0.39 is 0 Å². The zero-order valence-electron chi connectivity index (χ0n) is 13.3. The Kier molecular flexibility index (Phi) is 2.21. The number of allylic oxidation sites excluding steroid dienone is 1. The fraction of sp³-hybridized carbons (Fsp3) is 0.0435. The van der Waals surface area contributed by atoms with Gasteiger partial charge in [0.05, 0.1) is 0 Å². The fourth-order valence-electron chi connectivity index (χ4n) is 4.57. The molecule has 0 saturated carbocycles. The van der Waals surface area contributed by atoms with Crippen molar-refractivity contribution in [2.45, 2.75) is 6.42 Å². The van der Waals surface area contributed by atoms with Crippen molar-refractivity contribution in [2.24, 2.45) is 0 Å². The molecule has 0 aliphatic heterocycles. The molecule has 0 aromatic heterocycles. The van der Waals surface area contributed by atoms with Crippen molar-refractivity contribution in [1.82, 2.24) is 0 Å². The lowest BCUT2D eigenvalue weighted by Gasteiger charge is -2.16. The molecule has 1 aliphatic rings. The average molecular weight is 320 g/mol. The SMILES string of the molecule is O=c1cc2c3c4c(cc(=O)c5cccc(c6cccc1c63)c54)CC=C2. The van der Waals surface area contributed by atoms with Gasteiger partial charge in [0.15, 0.2) is 10.9 Å². The summed E-state index contributed by atoms with van der Waals surface area (Å²) < 4.78 is 0. The van der Waals surface area contributed by atoms with Crippen LogP contribution in [0, 0.1) is 0 Å². The molecule has 0 spiro atoms. The Balaban J connectivity index is 2.18. The first-order valence-electron chi connectivity index (χ1n) is 8.43. The molecule has 6 rings (SSSR count). The number of hydrogen-bond donors (Lipinski definition) is 0. The highest BCUT2D eigenvalue weighted by Gasteiger charge is 2.20. The Morgan fingerprint density at radius 3 is 1.96 bits per heavy atom. The summed E-state index contributed by atoms with van der Waals surface area (Å²) in [5, 5.41) is 7.93. The molecule has 2 heteroatoms. The minimum absolute atomic E-state index is 0.0553. The zero-order valence-corrected chi connectivity index (χ0v) is 13.3. The molecular weight excluding hydrogens is 308 g/mol. The van der Waals surface area contributed by atoms with Gasteiger partial charge in [-0.15, -0.1) is 0 Å². The number of fused-ring (bicyclic) bond motifs is 1. The second kappa shape index (κ2) is 4.22. The summed E-state index contributed by atoms with van der Waals surface area (Å²) in [7, 11) is 0. The maximum absolute atomic E-state index is 12.7. The van der Waals surface area contributed by atoms with Gasteiger partial charge in [0.1, 0.15) is 0 Å². The summed E-state index contributed by atoms with van der Waals surface area (Å²) in [5.74, 6) is 0. The third-order valence-corrected chi connectivity index (χ3v) is 5.54. The van der Waals surface area contributed by atoms with Crippen LogP contribution in [0.15, 0.2) is 64.2 Å². The molecule has 0 saturated heterocycles. The van der Waals surface area contributed by atoms with Crippen LogP contribution in [0.25, 0.3) is 49.2 Å². The summed E-state index contributed by atoms with van der Waals surface area (Å²) in [6.45, 7) is 0. The van der Waals surface area contributed by atoms with Crippen molar-refractivity contribution in [3.8, 4) is 0 Å². The Morgan fingerprint density at radius 1 is 0.640 bits per heavy atom. The van der Waals surface area contributed by atoms with Gasteiger partial charge in [0.2, 0.25) is 0 Å². The van der Waals surface area contributed by atoms with E-state index in [0.29, 0.717) is 6.42 Å². The molecule has 25 heavy (non-hydrogen) atoms. The van der Waals surface area contributed by atoms with E-state index >= 15 is 0 Å². The fourth-order valence-corrected chi connectivity index (χ4v) is 4.57. The van der Waals surface area contributed by atoms with E-state index in [1.165, 1.54) is 0 Å². The van der Waals surface area contributed by atoms with Gasteiger partial charge in [0, 0.05) is 21.5 Å². The van der Waals surface area contributed by atoms with Gasteiger partial charge in [-0.05, 0) is 51.2 Å². The molecule has 5 aromatic carbocycles. The standard InChI is InChI=1S/C23H12O2/c24-18-10-12-4-1-5-13-11-19(25)17-9-3-7-15-14-6-2-8-16(18)22(14)20(12)21(13)23(15)17/h1-4,6-11H,5H2. The van der Waals surface area contributed by atoms with Gasteiger partial charge in [-0.3, -0.25) is 9.59 Å². The van der Waals surface area contributed by atoms with Crippen LogP contribution in [0.2, 0.25) is 0 Å². The van der Waals surface area contributed by atoms with Crippen LogP contribution in [0.4, 0.5) is 0 Å². The first-order chi connectivity index (χ1) is 12.2. The minimum Gasteiger partial charge on any atom is -0.289 e. The lowest BCUT2D eigenvalue weighted by Crippen LogP contribution is -2.06. The van der Waals surface area contributed by atoms with E-state index in [1.807, 2.05) is 30.3 Å². The maximum atomic E-state index is 12.7. The molecule has 0 atom stereocenters. The monoisotopic (exact) mass is 320 g/mol. The zero-order chi connectivity index (χ0) is 16.7. The van der Waals surface area contributed by atoms with E-state index in [2.05, 4.69) is 18.2 Å². The van der Waals surface area contributed by atoms with Gasteiger partial charge in [0.25, 0.3) is 0 Å². The van der Waals surface area contributed by atoms with Crippen LogP contribution in [0.1, 0.15) is 11.1 Å². The quantitative estimate of drug-likeness (QED) is 0.312. The molecule has 0 amide bonds. The highest BCUT2D eigenvalue weighted by atomic mass is 16.1. The van der Waals surface area contributed by atoms with Crippen molar-refractivity contribution < 1.29 is 0 Å². The Morgan fingerprint density at radius 2 is 1.24 bits per heavy atom. The van der Waals surface area contributed by atoms with Gasteiger partial charge in [-0.25, -0.2) is 0 Å². The van der Waals surface area contributed by atoms with Crippen molar-refractivity contribution in [3.63, 3.8) is 0 Å². The maximum Gasteiger partial charge on any atom is 0.187 e. The van der Waals surface area contributed by atoms with E-state index in [0.717, 1.165) is 54.2 Å². The highest BCUT2D eigenvalue weighted by Crippen LogP contribution is 2.42. The Hall–Kier alpha value is -3.26. The van der Waals surface area contributed by atoms with E-state index in [4.69, 9.17) is 0 Å². The van der Waals surface area contributed by atoms with E-state index in [1.54, 1.807) is 12.1 Å². The third-order valence-electron chi connectivity index (χ3n) is 5.54. The predicted molar refractivity (Wildman–Crippen MR) is 104 cm³/mol. The van der Waals surface area contributed by atoms with Gasteiger partial charge in [-0.2, -0.15) is 0 Å². The average Bonchev–Trinajstić information content (AvgIpc) is 2.81. The van der Waals surface area contributed by atoms with E-state index in [9.17, 15) is 9.59 Å². The van der Waals surface area contributed by atoms with Crippen LogP contribution >= 0.6 is 0 Å². The number of rotatable bonds is 0. The summed E-state index contributed by atoms with van der Waals surface area (Å²) in [4.78, 5) is 25.3. The molecular formula is C23H12O2. The van der Waals surface area contributed by atoms with Gasteiger partial charge < -0.3 is 0 Å². The summed E-state index contributed by atoms with van der Waals surface area (Å²) in [5.41, 5.74) is 2.14. The molecule has 0 fully saturated rings. The molecule has 2 nitrogen and oxygen atoms in total. The molecule has 0 bridgehead atoms. The summed E-state index contributed by atoms with van der Waals surface area (Å²) >= 11 is 0. The minimum atomic E-state index is 0.0553. The smallest absolute Gasteiger partial charge is 0.187 e. The first-order valence-corrected chi connectivity index (χ1v) is 8.43. The van der Waals surface area contributed by atoms with E-state index in [-0.39, 0.29) is 10.9 Å². The van der Waals surface area contributed by atoms with Crippen molar-refractivity contribution in [3.05, 3.63) is 86.2 Å². The van der Waals surface area contributed by atoms with Crippen LogP contribution in [-0.4, -0.2) is 0 Å². The second-order valence-corrected chi connectivity index (χ2v) is 6.81. The van der Waals surface area contributed by atoms with Crippen LogP contribution < -0.4 is 10.9 Å². The lowest BCUT2D eigenvalue weighted by molar-refractivity contribution is 1.31. The lowest BCUT2D eigenvalue weighted by atomic mass is 9.86. The number of hydrogen-bond acceptors (Lipinski definition) is 2. The summed E-state index contributed by atoms with van der Waals surface area (Å²) in [6, 6.07) is 15.3. The Bertz CT molecular complexity index is 1490.